The van der Waals surface area contributed by atoms with Crippen molar-refractivity contribution in [3.8, 4) is 67.8 Å². The number of benzene rings is 8. The molecule has 0 bridgehead atoms. The zero-order valence-electron chi connectivity index (χ0n) is 30.1. The molecule has 11 aromatic rings. The fourth-order valence-electron chi connectivity index (χ4n) is 8.94. The summed E-state index contributed by atoms with van der Waals surface area (Å²) in [4.78, 5) is 15.9. The number of fused-ring (bicyclic) bond motifs is 14. The van der Waals surface area contributed by atoms with Crippen LogP contribution in [0.15, 0.2) is 188 Å². The normalized spacial score (nSPS) is 11.9. The molecular formula is C51H31N5. The van der Waals surface area contributed by atoms with Crippen molar-refractivity contribution in [2.45, 2.75) is 0 Å². The Morgan fingerprint density at radius 3 is 1.11 bits per heavy atom. The highest BCUT2D eigenvalue weighted by Crippen LogP contribution is 2.49. The number of aromatic nitrogens is 5. The molecule has 0 saturated heterocycles. The van der Waals surface area contributed by atoms with Gasteiger partial charge in [0.15, 0.2) is 5.82 Å². The van der Waals surface area contributed by atoms with Crippen molar-refractivity contribution in [1.29, 1.82) is 0 Å². The summed E-state index contributed by atoms with van der Waals surface area (Å²) >= 11 is 0. The van der Waals surface area contributed by atoms with Gasteiger partial charge in [-0.15, -0.1) is 0 Å². The molecule has 0 unspecified atom stereocenters. The maximum Gasteiger partial charge on any atom is 0.240 e. The van der Waals surface area contributed by atoms with E-state index in [1.54, 1.807) is 0 Å². The number of hydrogen-bond acceptors (Lipinski definition) is 3. The average Bonchev–Trinajstić information content (AvgIpc) is 3.78. The van der Waals surface area contributed by atoms with Crippen molar-refractivity contribution in [3.05, 3.63) is 188 Å². The van der Waals surface area contributed by atoms with Gasteiger partial charge in [-0.05, 0) is 74.8 Å². The summed E-state index contributed by atoms with van der Waals surface area (Å²) in [5, 5.41) is 4.59. The van der Waals surface area contributed by atoms with Crippen LogP contribution in [-0.4, -0.2) is 24.1 Å². The molecule has 8 aromatic carbocycles. The summed E-state index contributed by atoms with van der Waals surface area (Å²) in [6, 6.07) is 66.9. The minimum Gasteiger partial charge on any atom is -0.278 e. The van der Waals surface area contributed by atoms with Crippen LogP contribution < -0.4 is 0 Å². The highest BCUT2D eigenvalue weighted by atomic mass is 15.3. The predicted molar refractivity (Wildman–Crippen MR) is 229 cm³/mol. The van der Waals surface area contributed by atoms with Gasteiger partial charge in [0.25, 0.3) is 0 Å². The number of rotatable bonds is 3. The van der Waals surface area contributed by atoms with E-state index in [4.69, 9.17) is 15.0 Å². The summed E-state index contributed by atoms with van der Waals surface area (Å²) in [5.74, 6) is 1.74. The Labute approximate surface area is 322 Å². The zero-order chi connectivity index (χ0) is 36.7. The maximum absolute atomic E-state index is 5.40. The van der Waals surface area contributed by atoms with E-state index in [2.05, 4.69) is 179 Å². The van der Waals surface area contributed by atoms with Crippen molar-refractivity contribution in [1.82, 2.24) is 24.1 Å². The van der Waals surface area contributed by atoms with Crippen LogP contribution >= 0.6 is 0 Å². The Hall–Kier alpha value is -7.63. The fourth-order valence-corrected chi connectivity index (χ4v) is 8.94. The van der Waals surface area contributed by atoms with Crippen LogP contribution in [0.5, 0.6) is 0 Å². The molecule has 260 valence electrons. The van der Waals surface area contributed by atoms with Crippen LogP contribution in [0.3, 0.4) is 0 Å². The first kappa shape index (κ1) is 30.8. The van der Waals surface area contributed by atoms with Crippen LogP contribution in [0.2, 0.25) is 0 Å². The van der Waals surface area contributed by atoms with E-state index in [1.165, 1.54) is 44.5 Å². The SMILES string of the molecule is c1ccc(-c2nc(-n3c4ccccc4c4ccccc43)nc(-n3c4ccccc4c4cc5c(cc43)-c3ccccc3-c3ccccc3-c3ccccc3-5)n2)cc1. The zero-order valence-corrected chi connectivity index (χ0v) is 30.1. The fraction of sp³-hybridized carbons (Fsp3) is 0. The maximum atomic E-state index is 5.40. The average molecular weight is 714 g/mol. The molecule has 0 radical (unpaired) electrons. The quantitative estimate of drug-likeness (QED) is 0.183. The summed E-state index contributed by atoms with van der Waals surface area (Å²) < 4.78 is 4.41. The van der Waals surface area contributed by atoms with Gasteiger partial charge < -0.3 is 0 Å². The lowest BCUT2D eigenvalue weighted by molar-refractivity contribution is 0.893. The smallest absolute Gasteiger partial charge is 0.240 e. The molecule has 0 atom stereocenters. The van der Waals surface area contributed by atoms with Crippen molar-refractivity contribution in [2.75, 3.05) is 0 Å². The standard InChI is InChI=1S/C51H31N5/c1-2-16-32(17-3-1)49-52-50(55-45-27-13-10-24-39(45)40-25-11-14-28-46(40)55)54-51(53-49)56-47-29-15-12-26-41(47)44-30-42-37-22-8-6-20-35(37)33-18-4-5-19-34(33)36-21-7-9-23-38(36)43(42)31-48(44)56/h1-31H. The molecule has 3 heterocycles. The van der Waals surface area contributed by atoms with Crippen LogP contribution in [0.4, 0.5) is 0 Å². The van der Waals surface area contributed by atoms with Gasteiger partial charge in [-0.1, -0.05) is 158 Å². The first-order valence-corrected chi connectivity index (χ1v) is 19.0. The lowest BCUT2D eigenvalue weighted by Gasteiger charge is -2.23. The molecule has 5 nitrogen and oxygen atoms in total. The molecule has 5 heteroatoms. The van der Waals surface area contributed by atoms with Crippen LogP contribution in [0, 0.1) is 0 Å². The van der Waals surface area contributed by atoms with E-state index in [-0.39, 0.29) is 0 Å². The van der Waals surface area contributed by atoms with Crippen LogP contribution in [0.1, 0.15) is 0 Å². The largest absolute Gasteiger partial charge is 0.278 e. The molecule has 0 amide bonds. The van der Waals surface area contributed by atoms with Gasteiger partial charge in [0.2, 0.25) is 11.9 Å². The van der Waals surface area contributed by atoms with Crippen molar-refractivity contribution in [2.24, 2.45) is 0 Å². The minimum atomic E-state index is 0.562. The van der Waals surface area contributed by atoms with Gasteiger partial charge in [0.1, 0.15) is 0 Å². The van der Waals surface area contributed by atoms with E-state index in [9.17, 15) is 0 Å². The third-order valence-corrected chi connectivity index (χ3v) is 11.4. The molecule has 0 saturated carbocycles. The molecule has 1 aliphatic carbocycles. The second kappa shape index (κ2) is 11.9. The monoisotopic (exact) mass is 713 g/mol. The van der Waals surface area contributed by atoms with Gasteiger partial charge in [0, 0.05) is 27.1 Å². The molecule has 12 rings (SSSR count). The first-order valence-electron chi connectivity index (χ1n) is 19.0. The third-order valence-electron chi connectivity index (χ3n) is 11.4. The second-order valence-electron chi connectivity index (χ2n) is 14.4. The lowest BCUT2D eigenvalue weighted by atomic mass is 9.80. The third kappa shape index (κ3) is 4.46. The Bertz CT molecular complexity index is 3320. The first-order chi connectivity index (χ1) is 27.8. The van der Waals surface area contributed by atoms with E-state index < -0.39 is 0 Å². The second-order valence-corrected chi connectivity index (χ2v) is 14.4. The van der Waals surface area contributed by atoms with Crippen molar-refractivity contribution >= 4 is 43.6 Å². The van der Waals surface area contributed by atoms with Gasteiger partial charge >= 0.3 is 0 Å². The Balaban J connectivity index is 1.21. The van der Waals surface area contributed by atoms with Crippen molar-refractivity contribution in [3.63, 3.8) is 0 Å². The van der Waals surface area contributed by atoms with E-state index in [0.29, 0.717) is 17.7 Å². The summed E-state index contributed by atoms with van der Waals surface area (Å²) in [6.45, 7) is 0. The highest BCUT2D eigenvalue weighted by Gasteiger charge is 2.25. The summed E-state index contributed by atoms with van der Waals surface area (Å²) in [6.07, 6.45) is 0. The number of para-hydroxylation sites is 3. The topological polar surface area (TPSA) is 48.5 Å². The molecule has 1 aliphatic rings. The highest BCUT2D eigenvalue weighted by molar-refractivity contribution is 6.15. The van der Waals surface area contributed by atoms with E-state index in [0.717, 1.165) is 49.2 Å². The number of hydrogen-bond donors (Lipinski definition) is 0. The number of nitrogens with zero attached hydrogens (tertiary/aromatic N) is 5. The molecule has 0 fully saturated rings. The van der Waals surface area contributed by atoms with Gasteiger partial charge in [0.05, 0.1) is 22.1 Å². The molecule has 0 N–H and O–H groups in total. The van der Waals surface area contributed by atoms with E-state index in [1.807, 2.05) is 18.2 Å². The van der Waals surface area contributed by atoms with Gasteiger partial charge in [-0.2, -0.15) is 15.0 Å². The van der Waals surface area contributed by atoms with E-state index >= 15 is 0 Å². The molecule has 0 aliphatic heterocycles. The Kier molecular flexibility index (Phi) is 6.56. The van der Waals surface area contributed by atoms with Crippen molar-refractivity contribution < 1.29 is 0 Å². The molecule has 56 heavy (non-hydrogen) atoms. The van der Waals surface area contributed by atoms with Crippen LogP contribution in [0.25, 0.3) is 111 Å². The Morgan fingerprint density at radius 1 is 0.268 bits per heavy atom. The molecule has 0 spiro atoms. The minimum absolute atomic E-state index is 0.562. The molecule has 3 aromatic heterocycles. The predicted octanol–water partition coefficient (Wildman–Crippen LogP) is 12.7. The summed E-state index contributed by atoms with van der Waals surface area (Å²) in [7, 11) is 0. The van der Waals surface area contributed by atoms with Gasteiger partial charge in [-0.3, -0.25) is 9.13 Å². The Morgan fingerprint density at radius 2 is 0.625 bits per heavy atom. The summed E-state index contributed by atoms with van der Waals surface area (Å²) in [5.41, 5.74) is 14.7. The van der Waals surface area contributed by atoms with Gasteiger partial charge in [-0.25, -0.2) is 0 Å². The lowest BCUT2D eigenvalue weighted by Crippen LogP contribution is -2.10. The molecular weight excluding hydrogens is 683 g/mol. The van der Waals surface area contributed by atoms with Crippen LogP contribution in [-0.2, 0) is 0 Å².